The highest BCUT2D eigenvalue weighted by atomic mass is 32.2. The molecular formula is C24H37N3O4S. The van der Waals surface area contributed by atoms with Gasteiger partial charge in [0.15, 0.2) is 0 Å². The molecule has 5 atom stereocenters. The van der Waals surface area contributed by atoms with Crippen molar-refractivity contribution in [3.63, 3.8) is 0 Å². The summed E-state index contributed by atoms with van der Waals surface area (Å²) in [7, 11) is 1.74. The van der Waals surface area contributed by atoms with E-state index < -0.39 is 22.6 Å². The van der Waals surface area contributed by atoms with Gasteiger partial charge in [0, 0.05) is 44.1 Å². The second kappa shape index (κ2) is 9.21. The SMILES string of the molecule is C=CCN(C)C(=O)[C@H]1[C@H]2C(=O)N(CCCO)C(C(=O)N(CC=C)C(C)C)C23CC[C@]1(C)S3. The molecule has 32 heavy (non-hydrogen) atoms. The van der Waals surface area contributed by atoms with E-state index in [9.17, 15) is 19.5 Å². The molecule has 8 heteroatoms. The van der Waals surface area contributed by atoms with Gasteiger partial charge < -0.3 is 19.8 Å². The summed E-state index contributed by atoms with van der Waals surface area (Å²) in [6.07, 6.45) is 5.31. The molecule has 3 fully saturated rings. The molecule has 3 heterocycles. The lowest BCUT2D eigenvalue weighted by Gasteiger charge is -2.38. The summed E-state index contributed by atoms with van der Waals surface area (Å²) in [6.45, 7) is 14.6. The van der Waals surface area contributed by atoms with Gasteiger partial charge in [-0.2, -0.15) is 0 Å². The third kappa shape index (κ3) is 3.69. The predicted molar refractivity (Wildman–Crippen MR) is 127 cm³/mol. The van der Waals surface area contributed by atoms with Gasteiger partial charge in [-0.15, -0.1) is 24.9 Å². The Kier molecular flexibility index (Phi) is 7.15. The molecule has 0 aromatic rings. The van der Waals surface area contributed by atoms with Crippen molar-refractivity contribution >= 4 is 29.5 Å². The van der Waals surface area contributed by atoms with Crippen LogP contribution in [0.2, 0.25) is 0 Å². The van der Waals surface area contributed by atoms with E-state index >= 15 is 0 Å². The number of fused-ring (bicyclic) bond motifs is 1. The minimum absolute atomic E-state index is 0.0407. The highest BCUT2D eigenvalue weighted by Crippen LogP contribution is 2.71. The molecule has 3 aliphatic heterocycles. The number of aliphatic hydroxyl groups is 1. The standard InChI is InChI=1S/C24H37N3O4S/c1-7-12-25(6)20(29)17-18-21(30)27(14-9-15-28)19(22(31)26(13-8-2)16(3)4)24(18)11-10-23(17,5)32-24/h7-8,16-19,28H,1-2,9-15H2,3-6H3/t17-,18+,19?,23+,24?/m1/s1. The molecule has 7 nitrogen and oxygen atoms in total. The van der Waals surface area contributed by atoms with Crippen molar-refractivity contribution in [1.29, 1.82) is 0 Å². The first-order valence-electron chi connectivity index (χ1n) is 11.5. The third-order valence-corrected chi connectivity index (χ3v) is 9.33. The van der Waals surface area contributed by atoms with Gasteiger partial charge in [0.25, 0.3) is 0 Å². The fourth-order valence-electron chi connectivity index (χ4n) is 5.94. The molecule has 0 radical (unpaired) electrons. The van der Waals surface area contributed by atoms with E-state index in [1.165, 1.54) is 0 Å². The fourth-order valence-corrected chi connectivity index (χ4v) is 8.28. The van der Waals surface area contributed by atoms with Crippen molar-refractivity contribution in [2.75, 3.05) is 33.3 Å². The Labute approximate surface area is 195 Å². The second-order valence-corrected chi connectivity index (χ2v) is 11.6. The minimum Gasteiger partial charge on any atom is -0.396 e. The molecule has 0 aromatic heterocycles. The van der Waals surface area contributed by atoms with Gasteiger partial charge in [-0.1, -0.05) is 12.2 Å². The van der Waals surface area contributed by atoms with E-state index in [0.717, 1.165) is 12.8 Å². The summed E-state index contributed by atoms with van der Waals surface area (Å²) in [5.74, 6) is -1.27. The lowest BCUT2D eigenvalue weighted by molar-refractivity contribution is -0.145. The van der Waals surface area contributed by atoms with E-state index in [1.807, 2.05) is 13.8 Å². The molecule has 3 rings (SSSR count). The first kappa shape index (κ1) is 24.8. The Hall–Kier alpha value is -1.80. The van der Waals surface area contributed by atoms with Crippen LogP contribution in [0.4, 0.5) is 0 Å². The maximum absolute atomic E-state index is 13.9. The van der Waals surface area contributed by atoms with Crippen molar-refractivity contribution in [3.8, 4) is 0 Å². The van der Waals surface area contributed by atoms with Crippen molar-refractivity contribution in [1.82, 2.24) is 14.7 Å². The third-order valence-electron chi connectivity index (χ3n) is 7.35. The quantitative estimate of drug-likeness (QED) is 0.501. The molecule has 3 amide bonds. The molecule has 0 saturated carbocycles. The van der Waals surface area contributed by atoms with Crippen LogP contribution >= 0.6 is 11.8 Å². The summed E-state index contributed by atoms with van der Waals surface area (Å²) in [5.41, 5.74) is 0. The second-order valence-electron chi connectivity index (χ2n) is 9.72. The van der Waals surface area contributed by atoms with E-state index in [2.05, 4.69) is 20.1 Å². The van der Waals surface area contributed by atoms with Gasteiger partial charge >= 0.3 is 0 Å². The van der Waals surface area contributed by atoms with Crippen LogP contribution in [0.1, 0.15) is 40.0 Å². The average Bonchev–Trinajstić information content (AvgIpc) is 3.30. The monoisotopic (exact) mass is 463 g/mol. The maximum Gasteiger partial charge on any atom is 0.247 e. The Morgan fingerprint density at radius 1 is 1.25 bits per heavy atom. The number of carbonyl (C=O) groups is 3. The van der Waals surface area contributed by atoms with Gasteiger partial charge in [0.2, 0.25) is 17.7 Å². The lowest BCUT2D eigenvalue weighted by Crippen LogP contribution is -2.56. The molecule has 1 N–H and O–H groups in total. The summed E-state index contributed by atoms with van der Waals surface area (Å²) in [6, 6.07) is -0.677. The zero-order valence-corrected chi connectivity index (χ0v) is 20.6. The van der Waals surface area contributed by atoms with Gasteiger partial charge in [-0.05, 0) is 40.0 Å². The smallest absolute Gasteiger partial charge is 0.247 e. The van der Waals surface area contributed by atoms with Crippen LogP contribution in [-0.2, 0) is 14.4 Å². The number of rotatable bonds is 10. The highest BCUT2D eigenvalue weighted by Gasteiger charge is 2.77. The Morgan fingerprint density at radius 3 is 2.47 bits per heavy atom. The van der Waals surface area contributed by atoms with Crippen LogP contribution in [0, 0.1) is 11.8 Å². The fraction of sp³-hybridized carbons (Fsp3) is 0.708. The normalized spacial score (nSPS) is 32.9. The number of amides is 3. The van der Waals surface area contributed by atoms with Gasteiger partial charge in [0.05, 0.1) is 16.6 Å². The summed E-state index contributed by atoms with van der Waals surface area (Å²) >= 11 is 1.68. The largest absolute Gasteiger partial charge is 0.396 e. The van der Waals surface area contributed by atoms with Crippen LogP contribution in [0.15, 0.2) is 25.3 Å². The zero-order valence-electron chi connectivity index (χ0n) is 19.7. The van der Waals surface area contributed by atoms with E-state index in [4.69, 9.17) is 0 Å². The van der Waals surface area contributed by atoms with Gasteiger partial charge in [0.1, 0.15) is 6.04 Å². The number of aliphatic hydroxyl groups excluding tert-OH is 1. The molecule has 0 aromatic carbocycles. The van der Waals surface area contributed by atoms with E-state index in [-0.39, 0.29) is 35.1 Å². The van der Waals surface area contributed by atoms with Crippen molar-refractivity contribution < 1.29 is 19.5 Å². The van der Waals surface area contributed by atoms with Crippen molar-refractivity contribution in [2.24, 2.45) is 11.8 Å². The Bertz CT molecular complexity index is 802. The molecule has 0 aliphatic carbocycles. The number of likely N-dealkylation sites (tertiary alicyclic amines) is 1. The summed E-state index contributed by atoms with van der Waals surface area (Å²) < 4.78 is -1.00. The predicted octanol–water partition coefficient (Wildman–Crippen LogP) is 1.92. The number of carbonyl (C=O) groups excluding carboxylic acids is 3. The summed E-state index contributed by atoms with van der Waals surface area (Å²) in [4.78, 5) is 46.3. The molecule has 1 spiro atoms. The van der Waals surface area contributed by atoms with Crippen molar-refractivity contribution in [2.45, 2.75) is 61.6 Å². The molecule has 3 saturated heterocycles. The molecule has 2 bridgehead atoms. The summed E-state index contributed by atoms with van der Waals surface area (Å²) in [5, 5.41) is 9.44. The number of likely N-dealkylation sites (N-methyl/N-ethyl adjacent to an activating group) is 1. The number of thioether (sulfide) groups is 1. The van der Waals surface area contributed by atoms with Crippen LogP contribution in [0.25, 0.3) is 0 Å². The molecule has 2 unspecified atom stereocenters. The van der Waals surface area contributed by atoms with Crippen LogP contribution in [0.3, 0.4) is 0 Å². The first-order chi connectivity index (χ1) is 15.1. The van der Waals surface area contributed by atoms with E-state index in [0.29, 0.717) is 26.1 Å². The first-order valence-corrected chi connectivity index (χ1v) is 12.3. The zero-order chi connectivity index (χ0) is 23.8. The average molecular weight is 464 g/mol. The topological polar surface area (TPSA) is 81.2 Å². The highest BCUT2D eigenvalue weighted by molar-refractivity contribution is 8.02. The number of hydrogen-bond donors (Lipinski definition) is 1. The Balaban J connectivity index is 2.07. The van der Waals surface area contributed by atoms with E-state index in [1.54, 1.807) is 45.7 Å². The van der Waals surface area contributed by atoms with Crippen LogP contribution in [0.5, 0.6) is 0 Å². The maximum atomic E-state index is 13.9. The molecule has 3 aliphatic rings. The van der Waals surface area contributed by atoms with Crippen LogP contribution in [-0.4, -0.2) is 92.4 Å². The molecular weight excluding hydrogens is 426 g/mol. The van der Waals surface area contributed by atoms with Crippen LogP contribution < -0.4 is 0 Å². The Morgan fingerprint density at radius 2 is 1.91 bits per heavy atom. The number of nitrogens with zero attached hydrogens (tertiary/aromatic N) is 3. The number of hydrogen-bond acceptors (Lipinski definition) is 5. The van der Waals surface area contributed by atoms with Gasteiger partial charge in [-0.3, -0.25) is 14.4 Å². The molecule has 178 valence electrons. The lowest BCUT2D eigenvalue weighted by atomic mass is 9.66. The van der Waals surface area contributed by atoms with Crippen molar-refractivity contribution in [3.05, 3.63) is 25.3 Å². The van der Waals surface area contributed by atoms with Gasteiger partial charge in [-0.25, -0.2) is 0 Å². The minimum atomic E-state index is -0.636.